The molecule has 7 nitrogen and oxygen atoms in total. The first kappa shape index (κ1) is 19.8. The smallest absolute Gasteiger partial charge is 0.244 e. The number of nitrogens with two attached hydrogens (primary N) is 1. The molecule has 0 radical (unpaired) electrons. The lowest BCUT2D eigenvalue weighted by molar-refractivity contribution is 0.580. The lowest BCUT2D eigenvalue weighted by atomic mass is 10.0. The van der Waals surface area contributed by atoms with Gasteiger partial charge in [0.15, 0.2) is 0 Å². The van der Waals surface area contributed by atoms with E-state index in [1.807, 2.05) is 54.9 Å². The minimum atomic E-state index is -3.65. The molecule has 1 saturated carbocycles. The molecule has 0 atom stereocenters. The van der Waals surface area contributed by atoms with Crippen molar-refractivity contribution in [2.45, 2.75) is 38.5 Å². The third-order valence-corrected chi connectivity index (χ3v) is 7.88. The van der Waals surface area contributed by atoms with Crippen LogP contribution in [0, 0.1) is 5.92 Å². The molecule has 1 aliphatic carbocycles. The van der Waals surface area contributed by atoms with Gasteiger partial charge in [-0.05, 0) is 44.7 Å². The second-order valence-corrected chi connectivity index (χ2v) is 10.8. The third kappa shape index (κ3) is 3.40. The second-order valence-electron chi connectivity index (χ2n) is 8.44. The third-order valence-electron chi connectivity index (χ3n) is 5.80. The molecule has 1 fully saturated rings. The molecule has 8 heteroatoms. The van der Waals surface area contributed by atoms with Crippen LogP contribution in [-0.4, -0.2) is 32.2 Å². The minimum absolute atomic E-state index is 0.0179. The fraction of sp³-hybridized carbons (Fsp3) is 0.304. The first-order valence-corrected chi connectivity index (χ1v) is 12.0. The van der Waals surface area contributed by atoms with E-state index in [1.54, 1.807) is 13.8 Å². The van der Waals surface area contributed by atoms with Crippen LogP contribution in [0.4, 0.5) is 5.95 Å². The Morgan fingerprint density at radius 1 is 1.10 bits per heavy atom. The Labute approximate surface area is 181 Å². The van der Waals surface area contributed by atoms with E-state index in [0.717, 1.165) is 29.1 Å². The zero-order chi connectivity index (χ0) is 21.8. The summed E-state index contributed by atoms with van der Waals surface area (Å²) >= 11 is 0. The molecule has 2 N–H and O–H groups in total. The molecule has 0 amide bonds. The molecule has 0 unspecified atom stereocenters. The lowest BCUT2D eigenvalue weighted by Gasteiger charge is -2.13. The summed E-state index contributed by atoms with van der Waals surface area (Å²) in [5.41, 5.74) is 10.8. The number of nitrogen functional groups attached to an aromatic ring is 1. The van der Waals surface area contributed by atoms with Crippen LogP contribution >= 0.6 is 0 Å². The Kier molecular flexibility index (Phi) is 4.62. The van der Waals surface area contributed by atoms with Gasteiger partial charge in [0.2, 0.25) is 16.0 Å². The molecule has 0 bridgehead atoms. The van der Waals surface area contributed by atoms with Gasteiger partial charge in [-0.15, -0.1) is 0 Å². The zero-order valence-corrected chi connectivity index (χ0v) is 18.4. The van der Waals surface area contributed by atoms with Gasteiger partial charge in [-0.3, -0.25) is 0 Å². The Morgan fingerprint density at radius 3 is 2.52 bits per heavy atom. The van der Waals surface area contributed by atoms with Gasteiger partial charge >= 0.3 is 0 Å². The highest BCUT2D eigenvalue weighted by Crippen LogP contribution is 2.37. The normalized spacial score (nSPS) is 14.5. The van der Waals surface area contributed by atoms with Gasteiger partial charge in [0.1, 0.15) is 0 Å². The van der Waals surface area contributed by atoms with Crippen molar-refractivity contribution in [2.75, 3.05) is 5.73 Å². The summed E-state index contributed by atoms with van der Waals surface area (Å²) in [6, 6.07) is 15.7. The van der Waals surface area contributed by atoms with Crippen LogP contribution in [-0.2, 0) is 16.6 Å². The van der Waals surface area contributed by atoms with Crippen molar-refractivity contribution in [3.05, 3.63) is 54.9 Å². The first-order valence-electron chi connectivity index (χ1n) is 10.5. The van der Waals surface area contributed by atoms with Crippen LogP contribution in [0.5, 0.6) is 0 Å². The van der Waals surface area contributed by atoms with Crippen molar-refractivity contribution in [3.8, 4) is 22.5 Å². The summed E-state index contributed by atoms with van der Waals surface area (Å²) in [5.74, 6) is 0.651. The van der Waals surface area contributed by atoms with E-state index in [9.17, 15) is 8.42 Å². The largest absolute Gasteiger partial charge is 0.368 e. The number of benzene rings is 2. The molecule has 0 saturated heterocycles. The summed E-state index contributed by atoms with van der Waals surface area (Å²) in [6.07, 6.45) is 4.34. The predicted octanol–water partition coefficient (Wildman–Crippen LogP) is 4.15. The first-order chi connectivity index (χ1) is 14.9. The Morgan fingerprint density at radius 2 is 1.84 bits per heavy atom. The topological polar surface area (TPSA) is 95.8 Å². The van der Waals surface area contributed by atoms with Crippen molar-refractivity contribution >= 4 is 27.0 Å². The Hall–Kier alpha value is -3.13. The standard InChI is InChI=1S/C23H25N5O2S/c1-15(2)31(29,30)28-20-12-18(10-11-19(20)26-23(28)24)22-21(17-6-4-3-5-7-17)25-14-27(22)13-16-8-9-16/h3-7,10-12,14-16H,8-9,13H2,1-2H3,(H2,24,26). The molecule has 2 heterocycles. The van der Waals surface area contributed by atoms with Gasteiger partial charge in [-0.2, -0.15) is 0 Å². The molecular weight excluding hydrogens is 410 g/mol. The van der Waals surface area contributed by atoms with Gasteiger partial charge < -0.3 is 10.3 Å². The maximum Gasteiger partial charge on any atom is 0.244 e. The van der Waals surface area contributed by atoms with Crippen LogP contribution in [0.2, 0.25) is 0 Å². The van der Waals surface area contributed by atoms with Crippen molar-refractivity contribution < 1.29 is 8.42 Å². The summed E-state index contributed by atoms with van der Waals surface area (Å²) < 4.78 is 29.3. The van der Waals surface area contributed by atoms with Crippen LogP contribution in [0.15, 0.2) is 54.9 Å². The molecule has 2 aromatic carbocycles. The SMILES string of the molecule is CC(C)S(=O)(=O)n1c(N)nc2ccc(-c3c(-c4ccccc4)ncn3CC3CC3)cc21. The monoisotopic (exact) mass is 435 g/mol. The number of imidazole rings is 2. The number of anilines is 1. The molecule has 5 rings (SSSR count). The molecule has 0 spiro atoms. The Balaban J connectivity index is 1.73. The quantitative estimate of drug-likeness (QED) is 0.491. The van der Waals surface area contributed by atoms with E-state index in [2.05, 4.69) is 9.55 Å². The summed E-state index contributed by atoms with van der Waals surface area (Å²) in [5, 5.41) is -0.615. The maximum atomic E-state index is 13.0. The van der Waals surface area contributed by atoms with Crippen LogP contribution in [0.1, 0.15) is 26.7 Å². The average Bonchev–Trinajstić information content (AvgIpc) is 3.35. The van der Waals surface area contributed by atoms with Gasteiger partial charge in [0.05, 0.1) is 34.0 Å². The van der Waals surface area contributed by atoms with Gasteiger partial charge in [0.25, 0.3) is 0 Å². The number of hydrogen-bond acceptors (Lipinski definition) is 5. The van der Waals surface area contributed by atoms with E-state index < -0.39 is 15.3 Å². The molecule has 31 heavy (non-hydrogen) atoms. The molecule has 2 aromatic heterocycles. The molecule has 1 aliphatic rings. The highest BCUT2D eigenvalue weighted by molar-refractivity contribution is 7.90. The van der Waals surface area contributed by atoms with Crippen molar-refractivity contribution in [2.24, 2.45) is 5.92 Å². The molecule has 0 aliphatic heterocycles. The summed E-state index contributed by atoms with van der Waals surface area (Å²) in [7, 11) is -3.65. The van der Waals surface area contributed by atoms with E-state index in [1.165, 1.54) is 16.8 Å². The van der Waals surface area contributed by atoms with Crippen molar-refractivity contribution in [1.82, 2.24) is 18.5 Å². The van der Waals surface area contributed by atoms with E-state index in [4.69, 9.17) is 10.7 Å². The highest BCUT2D eigenvalue weighted by Gasteiger charge is 2.27. The Bertz CT molecular complexity index is 1370. The average molecular weight is 436 g/mol. The summed E-state index contributed by atoms with van der Waals surface area (Å²) in [6.45, 7) is 4.18. The number of aromatic nitrogens is 4. The number of hydrogen-bond donors (Lipinski definition) is 1. The van der Waals surface area contributed by atoms with Crippen molar-refractivity contribution in [3.63, 3.8) is 0 Å². The highest BCUT2D eigenvalue weighted by atomic mass is 32.2. The van der Waals surface area contributed by atoms with Gasteiger partial charge in [-0.25, -0.2) is 22.4 Å². The van der Waals surface area contributed by atoms with Crippen LogP contribution in [0.3, 0.4) is 0 Å². The van der Waals surface area contributed by atoms with Crippen molar-refractivity contribution in [1.29, 1.82) is 0 Å². The second kappa shape index (κ2) is 7.23. The predicted molar refractivity (Wildman–Crippen MR) is 123 cm³/mol. The summed E-state index contributed by atoms with van der Waals surface area (Å²) in [4.78, 5) is 9.01. The molecule has 4 aromatic rings. The molecular formula is C23H25N5O2S. The number of fused-ring (bicyclic) bond motifs is 1. The zero-order valence-electron chi connectivity index (χ0n) is 17.6. The van der Waals surface area contributed by atoms with Gasteiger partial charge in [0, 0.05) is 17.7 Å². The van der Waals surface area contributed by atoms with E-state index >= 15 is 0 Å². The van der Waals surface area contributed by atoms with Crippen LogP contribution < -0.4 is 5.73 Å². The van der Waals surface area contributed by atoms with Gasteiger partial charge in [-0.1, -0.05) is 36.4 Å². The van der Waals surface area contributed by atoms with E-state index in [0.29, 0.717) is 17.0 Å². The maximum absolute atomic E-state index is 13.0. The number of rotatable bonds is 6. The van der Waals surface area contributed by atoms with E-state index in [-0.39, 0.29) is 5.95 Å². The fourth-order valence-electron chi connectivity index (χ4n) is 3.91. The lowest BCUT2D eigenvalue weighted by Crippen LogP contribution is -2.23. The minimum Gasteiger partial charge on any atom is -0.368 e. The molecule has 160 valence electrons. The fourth-order valence-corrected chi connectivity index (χ4v) is 5.05. The van der Waals surface area contributed by atoms with Crippen LogP contribution in [0.25, 0.3) is 33.5 Å². The number of nitrogens with zero attached hydrogens (tertiary/aromatic N) is 4.